The molecule has 0 spiro atoms. The van der Waals surface area contributed by atoms with E-state index in [0.717, 1.165) is 94.1 Å². The Morgan fingerprint density at radius 2 is 1.62 bits per heavy atom. The summed E-state index contributed by atoms with van der Waals surface area (Å²) in [7, 11) is 0. The molecule has 1 aromatic heterocycles. The van der Waals surface area contributed by atoms with Crippen LogP contribution in [0.15, 0.2) is 42.5 Å². The van der Waals surface area contributed by atoms with Gasteiger partial charge in [0.05, 0.1) is 16.9 Å². The molecule has 4 fully saturated rings. The van der Waals surface area contributed by atoms with E-state index < -0.39 is 17.6 Å². The molecule has 1 aliphatic carbocycles. The number of para-hydroxylation sites is 1. The normalized spacial score (nSPS) is 27.3. The molecule has 1 unspecified atom stereocenters. The van der Waals surface area contributed by atoms with E-state index in [4.69, 9.17) is 0 Å². The fourth-order valence-corrected chi connectivity index (χ4v) is 9.97. The van der Waals surface area contributed by atoms with Crippen LogP contribution in [0.4, 0.5) is 21.6 Å². The number of fused-ring (bicyclic) bond motifs is 4. The van der Waals surface area contributed by atoms with E-state index in [1.807, 2.05) is 18.2 Å². The van der Waals surface area contributed by atoms with Crippen molar-refractivity contribution in [3.63, 3.8) is 0 Å². The van der Waals surface area contributed by atoms with Crippen molar-refractivity contribution in [1.29, 1.82) is 0 Å². The zero-order valence-corrected chi connectivity index (χ0v) is 31.5. The number of nitrogens with one attached hydrogen (secondary N) is 2. The second kappa shape index (κ2) is 14.4. The summed E-state index contributed by atoms with van der Waals surface area (Å²) in [6.45, 7) is 12.4. The third-order valence-electron chi connectivity index (χ3n) is 13.1. The minimum atomic E-state index is -0.669. The van der Waals surface area contributed by atoms with Crippen LogP contribution >= 0.6 is 0 Å². The van der Waals surface area contributed by atoms with Gasteiger partial charge in [-0.25, -0.2) is 4.39 Å². The fraction of sp³-hybridized carbons (Fsp3) is 0.537. The highest BCUT2D eigenvalue weighted by Crippen LogP contribution is 2.41. The van der Waals surface area contributed by atoms with Gasteiger partial charge in [0, 0.05) is 95.2 Å². The minimum absolute atomic E-state index is 0.121. The maximum atomic E-state index is 14.1. The number of carbonyl (C=O) groups is 3. The van der Waals surface area contributed by atoms with Gasteiger partial charge in [0.25, 0.3) is 5.91 Å². The summed E-state index contributed by atoms with van der Waals surface area (Å²) >= 11 is 0. The van der Waals surface area contributed by atoms with Gasteiger partial charge in [0.1, 0.15) is 6.04 Å². The maximum absolute atomic E-state index is 14.1. The van der Waals surface area contributed by atoms with Gasteiger partial charge in [-0.1, -0.05) is 12.1 Å². The van der Waals surface area contributed by atoms with Gasteiger partial charge >= 0.3 is 0 Å². The fourth-order valence-electron chi connectivity index (χ4n) is 9.97. The Bertz CT molecular complexity index is 2000. The Morgan fingerprint density at radius 3 is 2.38 bits per heavy atom. The second-order valence-electron chi connectivity index (χ2n) is 16.8. The highest BCUT2D eigenvalue weighted by atomic mass is 19.1. The van der Waals surface area contributed by atoms with Crippen LogP contribution in [0.5, 0.6) is 5.75 Å². The van der Waals surface area contributed by atoms with Crippen molar-refractivity contribution < 1.29 is 23.9 Å². The average Bonchev–Trinajstić information content (AvgIpc) is 3.51. The topological polar surface area (TPSA) is 137 Å². The number of hydrogen-bond acceptors (Lipinski definition) is 11. The summed E-state index contributed by atoms with van der Waals surface area (Å²) in [5.41, 5.74) is 4.30. The van der Waals surface area contributed by atoms with Gasteiger partial charge in [-0.05, 0) is 86.8 Å². The maximum Gasteiger partial charge on any atom is 0.255 e. The molecule has 1 saturated carbocycles. The summed E-state index contributed by atoms with van der Waals surface area (Å²) in [4.78, 5) is 49.1. The van der Waals surface area contributed by atoms with Gasteiger partial charge in [-0.15, -0.1) is 10.2 Å². The molecule has 3 N–H and O–H groups in total. The SMILES string of the molecule is CC12CNc3nnc(-c4cccc(F)c4O)cc3N1CCN(CC1CCC(CN3CCN(c4ccc5c(c4)C(=O)N([C@H]4CCC(=O)NC4=O)C5)CC3)CC1)C2. The van der Waals surface area contributed by atoms with Crippen molar-refractivity contribution in [3.8, 4) is 17.0 Å². The number of nitrogens with zero attached hydrogens (tertiary/aromatic N) is 7. The Kier molecular flexibility index (Phi) is 9.36. The molecule has 6 heterocycles. The van der Waals surface area contributed by atoms with E-state index in [0.29, 0.717) is 35.7 Å². The number of phenols is 1. The van der Waals surface area contributed by atoms with E-state index in [2.05, 4.69) is 53.4 Å². The molecule has 2 atom stereocenters. The van der Waals surface area contributed by atoms with Crippen LogP contribution in [0.25, 0.3) is 11.3 Å². The Morgan fingerprint density at radius 1 is 0.873 bits per heavy atom. The Hall–Kier alpha value is -4.82. The van der Waals surface area contributed by atoms with Crippen LogP contribution in [0.2, 0.25) is 0 Å². The molecule has 0 bridgehead atoms. The first-order chi connectivity index (χ1) is 26.6. The van der Waals surface area contributed by atoms with Crippen LogP contribution in [0, 0.1) is 17.7 Å². The molecular formula is C41H50FN9O4. The van der Waals surface area contributed by atoms with Gasteiger partial charge < -0.3 is 25.1 Å². The second-order valence-corrected chi connectivity index (χ2v) is 16.8. The number of rotatable bonds is 7. The van der Waals surface area contributed by atoms with Crippen LogP contribution in [0.1, 0.15) is 61.4 Å². The van der Waals surface area contributed by atoms with Crippen LogP contribution in [0.3, 0.4) is 0 Å². The van der Waals surface area contributed by atoms with Crippen molar-refractivity contribution in [2.45, 2.75) is 63.6 Å². The van der Waals surface area contributed by atoms with Gasteiger partial charge in [-0.3, -0.25) is 29.5 Å². The average molecular weight is 752 g/mol. The van der Waals surface area contributed by atoms with Crippen molar-refractivity contribution in [1.82, 2.24) is 30.2 Å². The summed E-state index contributed by atoms with van der Waals surface area (Å²) in [6, 6.07) is 11.9. The molecule has 3 amide bonds. The summed E-state index contributed by atoms with van der Waals surface area (Å²) in [6.07, 6.45) is 5.69. The molecule has 3 saturated heterocycles. The molecule has 3 aromatic rings. The number of aromatic nitrogens is 2. The third kappa shape index (κ3) is 6.88. The van der Waals surface area contributed by atoms with E-state index in [-0.39, 0.29) is 29.7 Å². The predicted molar refractivity (Wildman–Crippen MR) is 206 cm³/mol. The molecule has 290 valence electrons. The first kappa shape index (κ1) is 35.9. The number of benzene rings is 2. The molecule has 2 aromatic carbocycles. The quantitative estimate of drug-likeness (QED) is 0.305. The van der Waals surface area contributed by atoms with E-state index in [1.54, 1.807) is 17.0 Å². The number of aromatic hydroxyl groups is 1. The standard InChI is InChI=1S/C41H50FN9O4/c1-41-24-43-38-35(20-33(45-46-38)30-3-2-4-32(42)37(30)53)51(41)18-15-48(25-41)22-27-7-5-26(6-8-27)21-47-13-16-49(17-14-47)29-10-9-28-23-50(40(55)31(28)19-29)34-11-12-36(52)44-39(34)54/h2-4,9-10,19-20,26-27,34,53H,5-8,11-18,21-25H2,1H3,(H,43,46)(H,44,52,54)/t26?,27?,34-,41?/m0/s1. The van der Waals surface area contributed by atoms with Crippen LogP contribution in [-0.4, -0.2) is 125 Å². The zero-order valence-electron chi connectivity index (χ0n) is 31.5. The summed E-state index contributed by atoms with van der Waals surface area (Å²) < 4.78 is 14.1. The van der Waals surface area contributed by atoms with Gasteiger partial charge in [-0.2, -0.15) is 0 Å². The van der Waals surface area contributed by atoms with E-state index in [1.165, 1.54) is 31.7 Å². The highest BCUT2D eigenvalue weighted by Gasteiger charge is 2.43. The lowest BCUT2D eigenvalue weighted by Gasteiger charge is -2.53. The van der Waals surface area contributed by atoms with Gasteiger partial charge in [0.2, 0.25) is 11.8 Å². The molecule has 14 heteroatoms. The van der Waals surface area contributed by atoms with E-state index in [9.17, 15) is 23.9 Å². The molecular weight excluding hydrogens is 702 g/mol. The van der Waals surface area contributed by atoms with Crippen molar-refractivity contribution in [3.05, 3.63) is 59.4 Å². The zero-order chi connectivity index (χ0) is 37.8. The predicted octanol–water partition coefficient (Wildman–Crippen LogP) is 3.68. The monoisotopic (exact) mass is 751 g/mol. The van der Waals surface area contributed by atoms with Crippen molar-refractivity contribution in [2.75, 3.05) is 80.6 Å². The van der Waals surface area contributed by atoms with Gasteiger partial charge in [0.15, 0.2) is 17.4 Å². The smallest absolute Gasteiger partial charge is 0.255 e. The number of phenolic OH excluding ortho intramolecular Hbond substituents is 1. The minimum Gasteiger partial charge on any atom is -0.504 e. The highest BCUT2D eigenvalue weighted by molar-refractivity contribution is 6.05. The lowest BCUT2D eigenvalue weighted by Crippen LogP contribution is -2.66. The van der Waals surface area contributed by atoms with Crippen LogP contribution < -0.4 is 20.4 Å². The van der Waals surface area contributed by atoms with Crippen molar-refractivity contribution in [2.24, 2.45) is 11.8 Å². The number of hydrogen-bond donors (Lipinski definition) is 3. The number of halogens is 1. The molecule has 0 radical (unpaired) electrons. The summed E-state index contributed by atoms with van der Waals surface area (Å²) in [5.74, 6) is 0.310. The molecule has 9 rings (SSSR count). The molecule has 5 aliphatic heterocycles. The Labute approximate surface area is 320 Å². The first-order valence-electron chi connectivity index (χ1n) is 20.0. The van der Waals surface area contributed by atoms with Crippen LogP contribution in [-0.2, 0) is 16.1 Å². The largest absolute Gasteiger partial charge is 0.504 e. The molecule has 55 heavy (non-hydrogen) atoms. The number of piperazine rings is 2. The number of anilines is 3. The van der Waals surface area contributed by atoms with E-state index >= 15 is 0 Å². The Balaban J connectivity index is 0.737. The molecule has 6 aliphatic rings. The number of imide groups is 1. The number of carbonyl (C=O) groups excluding carboxylic acids is 3. The lowest BCUT2D eigenvalue weighted by molar-refractivity contribution is -0.136. The first-order valence-corrected chi connectivity index (χ1v) is 20.0. The molecule has 13 nitrogen and oxygen atoms in total. The number of amides is 3. The summed E-state index contributed by atoms with van der Waals surface area (Å²) in [5, 5.41) is 24.9. The third-order valence-corrected chi connectivity index (χ3v) is 13.1. The number of piperidine rings is 1. The van der Waals surface area contributed by atoms with Crippen molar-refractivity contribution >= 4 is 34.9 Å². The lowest BCUT2D eigenvalue weighted by atomic mass is 9.81.